The lowest BCUT2D eigenvalue weighted by Crippen LogP contribution is -2.52. The number of nitrogens with zero attached hydrogens (tertiary/aromatic N) is 4. The molecule has 1 unspecified atom stereocenters. The monoisotopic (exact) mass is 404 g/mol. The van der Waals surface area contributed by atoms with Crippen LogP contribution < -0.4 is 4.90 Å². The molecule has 6 heteroatoms. The molecule has 2 aromatic carbocycles. The number of hydrogen-bond donors (Lipinski definition) is 1. The van der Waals surface area contributed by atoms with Crippen molar-refractivity contribution in [3.63, 3.8) is 0 Å². The van der Waals surface area contributed by atoms with E-state index in [0.29, 0.717) is 32.0 Å². The topological polar surface area (TPSA) is 69.6 Å². The van der Waals surface area contributed by atoms with Gasteiger partial charge in [-0.2, -0.15) is 0 Å². The summed E-state index contributed by atoms with van der Waals surface area (Å²) in [6.45, 7) is 8.27. The number of aliphatic hydroxyl groups excluding tert-OH is 1. The maximum absolute atomic E-state index is 12.5. The molecule has 1 saturated heterocycles. The van der Waals surface area contributed by atoms with Crippen molar-refractivity contribution in [3.05, 3.63) is 54.1 Å². The molecule has 1 atom stereocenters. The van der Waals surface area contributed by atoms with E-state index in [4.69, 9.17) is 9.97 Å². The van der Waals surface area contributed by atoms with Gasteiger partial charge in [0.15, 0.2) is 5.82 Å². The van der Waals surface area contributed by atoms with Crippen molar-refractivity contribution in [2.45, 2.75) is 26.9 Å². The van der Waals surface area contributed by atoms with Gasteiger partial charge in [0.25, 0.3) is 5.91 Å². The summed E-state index contributed by atoms with van der Waals surface area (Å²) in [5.41, 5.74) is 3.06. The summed E-state index contributed by atoms with van der Waals surface area (Å²) in [6.07, 6.45) is -0.941. The Morgan fingerprint density at radius 2 is 1.70 bits per heavy atom. The van der Waals surface area contributed by atoms with Crippen LogP contribution in [-0.4, -0.2) is 58.2 Å². The SMILES string of the molecule is Cc1ccc2c(N3CCN(C(=O)C(O)C(C)C)CC3)nc(-c3ccccc3)nc2c1. The van der Waals surface area contributed by atoms with E-state index in [1.54, 1.807) is 4.90 Å². The standard InChI is InChI=1S/C24H28N4O2/c1-16(2)21(29)24(30)28-13-11-27(12-14-28)23-19-10-9-17(3)15-20(19)25-22(26-23)18-7-5-4-6-8-18/h4-10,15-16,21,29H,11-14H2,1-3H3. The lowest BCUT2D eigenvalue weighted by molar-refractivity contribution is -0.142. The van der Waals surface area contributed by atoms with Gasteiger partial charge in [0.1, 0.15) is 11.9 Å². The summed E-state index contributed by atoms with van der Waals surface area (Å²) in [6, 6.07) is 16.2. The highest BCUT2D eigenvalue weighted by atomic mass is 16.3. The number of hydrogen-bond acceptors (Lipinski definition) is 5. The number of aliphatic hydroxyl groups is 1. The molecule has 1 N–H and O–H groups in total. The Morgan fingerprint density at radius 1 is 1.00 bits per heavy atom. The molecule has 2 heterocycles. The summed E-state index contributed by atoms with van der Waals surface area (Å²) in [5.74, 6) is 1.34. The van der Waals surface area contributed by atoms with Gasteiger partial charge in [0.2, 0.25) is 0 Å². The number of benzene rings is 2. The van der Waals surface area contributed by atoms with E-state index < -0.39 is 6.10 Å². The van der Waals surface area contributed by atoms with Crippen molar-refractivity contribution in [2.24, 2.45) is 5.92 Å². The fraction of sp³-hybridized carbons (Fsp3) is 0.375. The number of carbonyl (C=O) groups excluding carboxylic acids is 1. The van der Waals surface area contributed by atoms with E-state index in [1.165, 1.54) is 0 Å². The maximum Gasteiger partial charge on any atom is 0.251 e. The molecule has 3 aromatic rings. The minimum absolute atomic E-state index is 0.0852. The van der Waals surface area contributed by atoms with Gasteiger partial charge >= 0.3 is 0 Å². The molecule has 0 saturated carbocycles. The number of fused-ring (bicyclic) bond motifs is 1. The highest BCUT2D eigenvalue weighted by Gasteiger charge is 2.29. The zero-order valence-corrected chi connectivity index (χ0v) is 17.7. The third kappa shape index (κ3) is 4.00. The Bertz CT molecular complexity index is 1040. The number of piperazine rings is 1. The number of rotatable bonds is 4. The van der Waals surface area contributed by atoms with E-state index in [1.807, 2.05) is 44.2 Å². The fourth-order valence-corrected chi connectivity index (χ4v) is 3.79. The van der Waals surface area contributed by atoms with Gasteiger partial charge in [-0.05, 0) is 30.5 Å². The Kier molecular flexibility index (Phi) is 5.68. The van der Waals surface area contributed by atoms with Crippen molar-refractivity contribution in [3.8, 4) is 11.4 Å². The van der Waals surface area contributed by atoms with E-state index in [2.05, 4.69) is 30.0 Å². The van der Waals surface area contributed by atoms with Crippen molar-refractivity contribution >= 4 is 22.6 Å². The molecule has 1 fully saturated rings. The van der Waals surface area contributed by atoms with Gasteiger partial charge in [-0.3, -0.25) is 4.79 Å². The third-order valence-corrected chi connectivity index (χ3v) is 5.64. The van der Waals surface area contributed by atoms with Crippen LogP contribution in [0.4, 0.5) is 5.82 Å². The fourth-order valence-electron chi connectivity index (χ4n) is 3.79. The quantitative estimate of drug-likeness (QED) is 0.723. The van der Waals surface area contributed by atoms with Crippen LogP contribution in [0.25, 0.3) is 22.3 Å². The summed E-state index contributed by atoms with van der Waals surface area (Å²) in [5, 5.41) is 11.2. The minimum atomic E-state index is -0.941. The molecular weight excluding hydrogens is 376 g/mol. The molecule has 0 radical (unpaired) electrons. The molecule has 1 aliphatic heterocycles. The molecule has 156 valence electrons. The number of aromatic nitrogens is 2. The van der Waals surface area contributed by atoms with E-state index >= 15 is 0 Å². The van der Waals surface area contributed by atoms with Gasteiger partial charge in [-0.1, -0.05) is 50.2 Å². The zero-order valence-electron chi connectivity index (χ0n) is 17.7. The normalized spacial score (nSPS) is 15.6. The molecule has 1 aromatic heterocycles. The van der Waals surface area contributed by atoms with Crippen LogP contribution >= 0.6 is 0 Å². The predicted molar refractivity (Wildman–Crippen MR) is 119 cm³/mol. The number of carbonyl (C=O) groups is 1. The highest BCUT2D eigenvalue weighted by Crippen LogP contribution is 2.29. The molecule has 0 spiro atoms. The van der Waals surface area contributed by atoms with Crippen LogP contribution in [0.2, 0.25) is 0 Å². The first-order chi connectivity index (χ1) is 14.4. The Morgan fingerprint density at radius 3 is 2.37 bits per heavy atom. The second kappa shape index (κ2) is 8.40. The summed E-state index contributed by atoms with van der Waals surface area (Å²) in [7, 11) is 0. The molecule has 1 aliphatic rings. The van der Waals surface area contributed by atoms with Gasteiger partial charge < -0.3 is 14.9 Å². The average molecular weight is 405 g/mol. The number of amides is 1. The highest BCUT2D eigenvalue weighted by molar-refractivity contribution is 5.91. The van der Waals surface area contributed by atoms with E-state index in [0.717, 1.165) is 27.8 Å². The summed E-state index contributed by atoms with van der Waals surface area (Å²) >= 11 is 0. The van der Waals surface area contributed by atoms with Crippen molar-refractivity contribution in [2.75, 3.05) is 31.1 Å². The van der Waals surface area contributed by atoms with Crippen LogP contribution in [0.1, 0.15) is 19.4 Å². The second-order valence-corrected chi connectivity index (χ2v) is 8.26. The smallest absolute Gasteiger partial charge is 0.251 e. The van der Waals surface area contributed by atoms with Gasteiger partial charge in [-0.25, -0.2) is 9.97 Å². The van der Waals surface area contributed by atoms with Crippen molar-refractivity contribution < 1.29 is 9.90 Å². The number of anilines is 1. The first-order valence-corrected chi connectivity index (χ1v) is 10.5. The third-order valence-electron chi connectivity index (χ3n) is 5.64. The van der Waals surface area contributed by atoms with Crippen molar-refractivity contribution in [1.82, 2.24) is 14.9 Å². The zero-order chi connectivity index (χ0) is 21.3. The van der Waals surface area contributed by atoms with Gasteiger partial charge in [-0.15, -0.1) is 0 Å². The Labute approximate surface area is 177 Å². The van der Waals surface area contributed by atoms with Crippen LogP contribution in [-0.2, 0) is 4.79 Å². The van der Waals surface area contributed by atoms with Crippen LogP contribution in [0.5, 0.6) is 0 Å². The summed E-state index contributed by atoms with van der Waals surface area (Å²) in [4.78, 5) is 26.2. The van der Waals surface area contributed by atoms with Crippen LogP contribution in [0, 0.1) is 12.8 Å². The predicted octanol–water partition coefficient (Wildman–Crippen LogP) is 3.27. The first-order valence-electron chi connectivity index (χ1n) is 10.5. The minimum Gasteiger partial charge on any atom is -0.383 e. The average Bonchev–Trinajstić information content (AvgIpc) is 2.77. The lowest BCUT2D eigenvalue weighted by Gasteiger charge is -2.37. The Balaban J connectivity index is 1.65. The van der Waals surface area contributed by atoms with E-state index in [9.17, 15) is 9.90 Å². The largest absolute Gasteiger partial charge is 0.383 e. The molecular formula is C24H28N4O2. The Hall–Kier alpha value is -2.99. The van der Waals surface area contributed by atoms with E-state index in [-0.39, 0.29) is 11.8 Å². The van der Waals surface area contributed by atoms with Crippen LogP contribution in [0.15, 0.2) is 48.5 Å². The molecule has 0 bridgehead atoms. The molecule has 30 heavy (non-hydrogen) atoms. The lowest BCUT2D eigenvalue weighted by atomic mass is 10.1. The molecule has 6 nitrogen and oxygen atoms in total. The van der Waals surface area contributed by atoms with Gasteiger partial charge in [0.05, 0.1) is 5.52 Å². The molecule has 1 amide bonds. The maximum atomic E-state index is 12.5. The second-order valence-electron chi connectivity index (χ2n) is 8.26. The number of aryl methyl sites for hydroxylation is 1. The molecule has 4 rings (SSSR count). The van der Waals surface area contributed by atoms with Crippen molar-refractivity contribution in [1.29, 1.82) is 0 Å². The summed E-state index contributed by atoms with van der Waals surface area (Å²) < 4.78 is 0. The first kappa shape index (κ1) is 20.3. The van der Waals surface area contributed by atoms with Gasteiger partial charge in [0, 0.05) is 37.1 Å². The van der Waals surface area contributed by atoms with Crippen LogP contribution in [0.3, 0.4) is 0 Å². The molecule has 0 aliphatic carbocycles.